The summed E-state index contributed by atoms with van der Waals surface area (Å²) < 4.78 is 5.42. The van der Waals surface area contributed by atoms with Gasteiger partial charge in [0.05, 0.1) is 7.11 Å². The molecule has 1 amide bonds. The van der Waals surface area contributed by atoms with Gasteiger partial charge < -0.3 is 10.5 Å². The third-order valence-electron chi connectivity index (χ3n) is 5.83. The third kappa shape index (κ3) is 4.04. The zero-order chi connectivity index (χ0) is 22.6. The molecule has 4 aromatic carbocycles. The van der Waals surface area contributed by atoms with E-state index in [0.29, 0.717) is 0 Å². The van der Waals surface area contributed by atoms with Crippen LogP contribution in [0.4, 0.5) is 0 Å². The molecule has 0 aromatic heterocycles. The summed E-state index contributed by atoms with van der Waals surface area (Å²) in [6.07, 6.45) is 0.271. The Morgan fingerprint density at radius 2 is 1.34 bits per heavy atom. The van der Waals surface area contributed by atoms with E-state index < -0.39 is 7.26 Å². The standard InChI is InChI=1S/C28H26NO2P/c1-21-19-22(31-2)17-18-25(21)26-15-9-10-16-27(26)32(20-28(29)30,23-11-5-3-6-12-23)24-13-7-4-8-14-24/h3-19H,20H2,1-2H3,(H-,29,30)/p+1. The van der Waals surface area contributed by atoms with E-state index in [0.717, 1.165) is 38.4 Å². The molecule has 160 valence electrons. The van der Waals surface area contributed by atoms with E-state index in [-0.39, 0.29) is 12.1 Å². The second-order valence-corrected chi connectivity index (χ2v) is 11.3. The van der Waals surface area contributed by atoms with Crippen molar-refractivity contribution in [2.24, 2.45) is 5.73 Å². The summed E-state index contributed by atoms with van der Waals surface area (Å²) in [5, 5.41) is 3.44. The summed E-state index contributed by atoms with van der Waals surface area (Å²) in [5.74, 6) is 0.528. The second kappa shape index (κ2) is 9.38. The number of hydrogen-bond acceptors (Lipinski definition) is 2. The van der Waals surface area contributed by atoms with Gasteiger partial charge in [0.1, 0.15) is 28.9 Å². The fourth-order valence-electron chi connectivity index (χ4n) is 4.39. The van der Waals surface area contributed by atoms with Gasteiger partial charge in [-0.05, 0) is 60.5 Å². The van der Waals surface area contributed by atoms with E-state index in [4.69, 9.17) is 10.5 Å². The van der Waals surface area contributed by atoms with Crippen LogP contribution in [0.3, 0.4) is 0 Å². The van der Waals surface area contributed by atoms with Gasteiger partial charge in [0.2, 0.25) is 0 Å². The van der Waals surface area contributed by atoms with Crippen LogP contribution in [0.15, 0.2) is 103 Å². The molecule has 32 heavy (non-hydrogen) atoms. The lowest BCUT2D eigenvalue weighted by molar-refractivity contribution is -0.115. The van der Waals surface area contributed by atoms with Crippen molar-refractivity contribution in [3.05, 3.63) is 109 Å². The first-order valence-corrected chi connectivity index (χ1v) is 12.6. The Balaban J connectivity index is 2.07. The molecule has 0 bridgehead atoms. The van der Waals surface area contributed by atoms with Gasteiger partial charge in [0.15, 0.2) is 6.16 Å². The minimum Gasteiger partial charge on any atom is -0.497 e. The molecule has 0 heterocycles. The van der Waals surface area contributed by atoms with E-state index in [1.807, 2.05) is 48.5 Å². The molecule has 4 aromatic rings. The molecule has 0 unspecified atom stereocenters. The number of nitrogens with two attached hydrogens (primary N) is 1. The Morgan fingerprint density at radius 1 is 0.781 bits per heavy atom. The number of rotatable bonds is 7. The number of benzene rings is 4. The van der Waals surface area contributed by atoms with Gasteiger partial charge >= 0.3 is 0 Å². The second-order valence-electron chi connectivity index (χ2n) is 7.80. The number of aryl methyl sites for hydroxylation is 1. The summed E-state index contributed by atoms with van der Waals surface area (Å²) in [4.78, 5) is 12.6. The van der Waals surface area contributed by atoms with Crippen molar-refractivity contribution < 1.29 is 9.53 Å². The Labute approximate surface area is 190 Å². The number of amides is 1. The Kier molecular flexibility index (Phi) is 6.39. The molecule has 4 heteroatoms. The van der Waals surface area contributed by atoms with Crippen molar-refractivity contribution in [2.75, 3.05) is 13.3 Å². The largest absolute Gasteiger partial charge is 0.497 e. The van der Waals surface area contributed by atoms with Crippen molar-refractivity contribution in [1.82, 2.24) is 0 Å². The van der Waals surface area contributed by atoms with Crippen molar-refractivity contribution in [3.8, 4) is 16.9 Å². The quantitative estimate of drug-likeness (QED) is 0.432. The maximum Gasteiger partial charge on any atom is 0.256 e. The van der Waals surface area contributed by atoms with Crippen LogP contribution >= 0.6 is 7.26 Å². The van der Waals surface area contributed by atoms with Crippen molar-refractivity contribution in [1.29, 1.82) is 0 Å². The number of carbonyl (C=O) groups excluding carboxylic acids is 1. The highest BCUT2D eigenvalue weighted by atomic mass is 31.2. The number of ether oxygens (including phenoxy) is 1. The molecule has 0 saturated heterocycles. The van der Waals surface area contributed by atoms with Crippen LogP contribution in [0.1, 0.15) is 5.56 Å². The zero-order valence-electron chi connectivity index (χ0n) is 18.4. The summed E-state index contributed by atoms with van der Waals surface area (Å²) >= 11 is 0. The van der Waals surface area contributed by atoms with Crippen LogP contribution in [-0.2, 0) is 4.79 Å². The molecule has 0 saturated carbocycles. The SMILES string of the molecule is COc1ccc(-c2ccccc2[P+](CC(N)=O)(c2ccccc2)c2ccccc2)c(C)c1. The Morgan fingerprint density at radius 3 is 1.88 bits per heavy atom. The summed E-state index contributed by atoms with van der Waals surface area (Å²) in [5.41, 5.74) is 9.29. The predicted octanol–water partition coefficient (Wildman–Crippen LogP) is 4.45. The zero-order valence-corrected chi connectivity index (χ0v) is 19.3. The maximum absolute atomic E-state index is 12.6. The number of hydrogen-bond donors (Lipinski definition) is 1. The molecule has 4 rings (SSSR count). The van der Waals surface area contributed by atoms with E-state index in [1.165, 1.54) is 0 Å². The fraction of sp³-hybridized carbons (Fsp3) is 0.107. The average Bonchev–Trinajstić information content (AvgIpc) is 2.83. The molecule has 0 aliphatic heterocycles. The molecule has 0 fully saturated rings. The van der Waals surface area contributed by atoms with Crippen LogP contribution in [-0.4, -0.2) is 19.2 Å². The first-order valence-electron chi connectivity index (χ1n) is 10.6. The summed E-state index contributed by atoms with van der Waals surface area (Å²) in [6, 6.07) is 35.2. The highest BCUT2D eigenvalue weighted by Crippen LogP contribution is 2.56. The minimum atomic E-state index is -2.36. The lowest BCUT2D eigenvalue weighted by atomic mass is 10.0. The van der Waals surface area contributed by atoms with Gasteiger partial charge in [0.25, 0.3) is 5.91 Å². The monoisotopic (exact) mass is 440 g/mol. The van der Waals surface area contributed by atoms with Gasteiger partial charge in [-0.2, -0.15) is 0 Å². The van der Waals surface area contributed by atoms with Gasteiger partial charge in [-0.1, -0.05) is 60.7 Å². The van der Waals surface area contributed by atoms with E-state index in [2.05, 4.69) is 61.5 Å². The first-order chi connectivity index (χ1) is 15.6. The lowest BCUT2D eigenvalue weighted by Crippen LogP contribution is -2.38. The number of methoxy groups -OCH3 is 1. The van der Waals surface area contributed by atoms with Crippen molar-refractivity contribution in [2.45, 2.75) is 6.92 Å². The Bertz CT molecular complexity index is 1180. The van der Waals surface area contributed by atoms with Gasteiger partial charge in [0, 0.05) is 5.56 Å². The van der Waals surface area contributed by atoms with Crippen LogP contribution < -0.4 is 26.4 Å². The first kappa shape index (κ1) is 21.8. The number of primary amides is 1. The molecule has 0 atom stereocenters. The van der Waals surface area contributed by atoms with E-state index >= 15 is 0 Å². The molecule has 0 aliphatic rings. The van der Waals surface area contributed by atoms with Crippen molar-refractivity contribution >= 4 is 29.1 Å². The van der Waals surface area contributed by atoms with Crippen molar-refractivity contribution in [3.63, 3.8) is 0 Å². The molecular formula is C28H27NO2P+. The van der Waals surface area contributed by atoms with Crippen LogP contribution in [0.25, 0.3) is 11.1 Å². The molecule has 3 nitrogen and oxygen atoms in total. The van der Waals surface area contributed by atoms with Crippen LogP contribution in [0.5, 0.6) is 5.75 Å². The van der Waals surface area contributed by atoms with Gasteiger partial charge in [-0.15, -0.1) is 0 Å². The van der Waals surface area contributed by atoms with Gasteiger partial charge in [-0.3, -0.25) is 4.79 Å². The molecule has 0 spiro atoms. The lowest BCUT2D eigenvalue weighted by Gasteiger charge is -2.28. The number of carbonyl (C=O) groups is 1. The highest BCUT2D eigenvalue weighted by Gasteiger charge is 2.48. The highest BCUT2D eigenvalue weighted by molar-refractivity contribution is 7.96. The summed E-state index contributed by atoms with van der Waals surface area (Å²) in [6.45, 7) is 2.09. The molecule has 2 N–H and O–H groups in total. The maximum atomic E-state index is 12.6. The third-order valence-corrected chi connectivity index (χ3v) is 10.2. The predicted molar refractivity (Wildman–Crippen MR) is 136 cm³/mol. The topological polar surface area (TPSA) is 52.3 Å². The normalized spacial score (nSPS) is 11.2. The van der Waals surface area contributed by atoms with Crippen LogP contribution in [0.2, 0.25) is 0 Å². The molecular weight excluding hydrogens is 413 g/mol. The molecule has 0 radical (unpaired) electrons. The average molecular weight is 441 g/mol. The van der Waals surface area contributed by atoms with Gasteiger partial charge in [-0.25, -0.2) is 0 Å². The minimum absolute atomic E-state index is 0.271. The smallest absolute Gasteiger partial charge is 0.256 e. The van der Waals surface area contributed by atoms with Crippen LogP contribution in [0, 0.1) is 6.92 Å². The fourth-order valence-corrected chi connectivity index (χ4v) is 8.56. The molecule has 0 aliphatic carbocycles. The van der Waals surface area contributed by atoms with E-state index in [9.17, 15) is 4.79 Å². The van der Waals surface area contributed by atoms with E-state index in [1.54, 1.807) is 7.11 Å². The Hall–Kier alpha value is -3.42. The summed E-state index contributed by atoms with van der Waals surface area (Å²) in [7, 11) is -0.680.